The summed E-state index contributed by atoms with van der Waals surface area (Å²) in [5.74, 6) is 0. The van der Waals surface area contributed by atoms with Crippen LogP contribution in [-0.2, 0) is 0 Å². The van der Waals surface area contributed by atoms with Crippen molar-refractivity contribution in [2.24, 2.45) is 10.2 Å². The standard InChI is InChI=1S/C25H24N4/c1-28-20(13-12-19-8-2-5-11-24(19)28)18-26-27-23-14-15-25(29-16-6-7-17-29)22-10-4-3-9-21(22)23/h2-5,8-15,18H,6-7,16-17H2,1H3/b20-18+,27-26?. The minimum atomic E-state index is 0.906. The SMILES string of the molecule is CN1/C(=C/N=Nc2ccc(N3CCCC3)c3ccccc23)C=Cc2ccccc21. The molecule has 4 heteroatoms. The molecule has 0 saturated carbocycles. The van der Waals surface area contributed by atoms with Gasteiger partial charge in [-0.05, 0) is 42.7 Å². The predicted octanol–water partition coefficient (Wildman–Crippen LogP) is 6.53. The first kappa shape index (κ1) is 17.7. The summed E-state index contributed by atoms with van der Waals surface area (Å²) >= 11 is 0. The Balaban J connectivity index is 1.46. The average molecular weight is 380 g/mol. The van der Waals surface area contributed by atoms with E-state index >= 15 is 0 Å². The van der Waals surface area contributed by atoms with Crippen molar-refractivity contribution in [2.75, 3.05) is 29.9 Å². The van der Waals surface area contributed by atoms with Crippen molar-refractivity contribution in [3.05, 3.63) is 84.2 Å². The Morgan fingerprint density at radius 2 is 1.55 bits per heavy atom. The number of nitrogens with zero attached hydrogens (tertiary/aromatic N) is 4. The van der Waals surface area contributed by atoms with E-state index in [9.17, 15) is 0 Å². The van der Waals surface area contributed by atoms with Crippen LogP contribution >= 0.6 is 0 Å². The molecule has 0 N–H and O–H groups in total. The Kier molecular flexibility index (Phi) is 4.60. The van der Waals surface area contributed by atoms with E-state index in [4.69, 9.17) is 0 Å². The number of para-hydroxylation sites is 1. The second-order valence-electron chi connectivity index (χ2n) is 7.56. The number of rotatable bonds is 3. The lowest BCUT2D eigenvalue weighted by Crippen LogP contribution is -2.18. The Labute approximate surface area is 171 Å². The summed E-state index contributed by atoms with van der Waals surface area (Å²) in [6.07, 6.45) is 8.57. The number of allylic oxidation sites excluding steroid dienone is 1. The summed E-state index contributed by atoms with van der Waals surface area (Å²) in [6, 6.07) is 21.1. The third-order valence-electron chi connectivity index (χ3n) is 5.80. The van der Waals surface area contributed by atoms with Crippen LogP contribution in [0.15, 0.2) is 88.9 Å². The van der Waals surface area contributed by atoms with E-state index in [0.717, 1.165) is 29.9 Å². The maximum atomic E-state index is 4.56. The van der Waals surface area contributed by atoms with Crippen molar-refractivity contribution in [2.45, 2.75) is 12.8 Å². The molecule has 2 aliphatic rings. The Bertz CT molecular complexity index is 1140. The molecular formula is C25H24N4. The zero-order valence-electron chi connectivity index (χ0n) is 16.6. The molecule has 5 rings (SSSR count). The minimum absolute atomic E-state index is 0.906. The van der Waals surface area contributed by atoms with Gasteiger partial charge in [0, 0.05) is 42.3 Å². The number of likely N-dealkylation sites (N-methyl/N-ethyl adjacent to an activating group) is 1. The van der Waals surface area contributed by atoms with Crippen LogP contribution in [0, 0.1) is 0 Å². The molecule has 3 aromatic carbocycles. The van der Waals surface area contributed by atoms with E-state index in [1.165, 1.54) is 35.2 Å². The van der Waals surface area contributed by atoms with Crippen molar-refractivity contribution < 1.29 is 0 Å². The molecule has 1 fully saturated rings. The van der Waals surface area contributed by atoms with Crippen LogP contribution in [0.25, 0.3) is 16.8 Å². The number of benzene rings is 3. The van der Waals surface area contributed by atoms with Gasteiger partial charge in [0.1, 0.15) is 0 Å². The van der Waals surface area contributed by atoms with E-state index in [1.807, 2.05) is 6.20 Å². The van der Waals surface area contributed by atoms with Crippen LogP contribution in [0.1, 0.15) is 18.4 Å². The molecule has 2 aliphatic heterocycles. The van der Waals surface area contributed by atoms with Crippen LogP contribution in [0.4, 0.5) is 17.1 Å². The molecule has 0 amide bonds. The number of hydrogen-bond donors (Lipinski definition) is 0. The number of fused-ring (bicyclic) bond motifs is 2. The number of hydrogen-bond acceptors (Lipinski definition) is 4. The summed E-state index contributed by atoms with van der Waals surface area (Å²) in [5, 5.41) is 11.4. The van der Waals surface area contributed by atoms with Crippen LogP contribution in [0.3, 0.4) is 0 Å². The number of anilines is 2. The lowest BCUT2D eigenvalue weighted by atomic mass is 10.1. The van der Waals surface area contributed by atoms with Gasteiger partial charge in [0.2, 0.25) is 0 Å². The highest BCUT2D eigenvalue weighted by molar-refractivity contribution is 6.01. The molecule has 0 radical (unpaired) electrons. The first-order chi connectivity index (χ1) is 14.3. The van der Waals surface area contributed by atoms with Gasteiger partial charge < -0.3 is 9.80 Å². The first-order valence-corrected chi connectivity index (χ1v) is 10.2. The fraction of sp³-hybridized carbons (Fsp3) is 0.200. The second kappa shape index (κ2) is 7.55. The molecule has 1 saturated heterocycles. The molecule has 0 aromatic heterocycles. The lowest BCUT2D eigenvalue weighted by Gasteiger charge is -2.25. The second-order valence-corrected chi connectivity index (χ2v) is 7.56. The fourth-order valence-corrected chi connectivity index (χ4v) is 4.23. The van der Waals surface area contributed by atoms with Crippen LogP contribution in [0.5, 0.6) is 0 Å². The molecule has 4 nitrogen and oxygen atoms in total. The molecule has 3 aromatic rings. The van der Waals surface area contributed by atoms with E-state index in [2.05, 4.69) is 99.9 Å². The van der Waals surface area contributed by atoms with Gasteiger partial charge >= 0.3 is 0 Å². The highest BCUT2D eigenvalue weighted by atomic mass is 15.2. The molecule has 2 heterocycles. The average Bonchev–Trinajstić information content (AvgIpc) is 3.30. The van der Waals surface area contributed by atoms with Crippen molar-refractivity contribution in [3.63, 3.8) is 0 Å². The fourth-order valence-electron chi connectivity index (χ4n) is 4.23. The monoisotopic (exact) mass is 380 g/mol. The number of azo groups is 1. The van der Waals surface area contributed by atoms with E-state index < -0.39 is 0 Å². The normalized spacial score (nSPS) is 17.6. The zero-order chi connectivity index (χ0) is 19.6. The lowest BCUT2D eigenvalue weighted by molar-refractivity contribution is 0.949. The van der Waals surface area contributed by atoms with Gasteiger partial charge in [-0.2, -0.15) is 10.2 Å². The molecule has 0 bridgehead atoms. The topological polar surface area (TPSA) is 31.2 Å². The van der Waals surface area contributed by atoms with Crippen molar-refractivity contribution in [1.82, 2.24) is 0 Å². The third kappa shape index (κ3) is 3.31. The quantitative estimate of drug-likeness (QED) is 0.484. The minimum Gasteiger partial charge on any atom is -0.371 e. The summed E-state index contributed by atoms with van der Waals surface area (Å²) < 4.78 is 0. The van der Waals surface area contributed by atoms with Crippen molar-refractivity contribution >= 4 is 33.9 Å². The molecule has 144 valence electrons. The van der Waals surface area contributed by atoms with Gasteiger partial charge in [-0.3, -0.25) is 0 Å². The van der Waals surface area contributed by atoms with Gasteiger partial charge in [-0.25, -0.2) is 0 Å². The highest BCUT2D eigenvalue weighted by Crippen LogP contribution is 2.35. The first-order valence-electron chi connectivity index (χ1n) is 10.2. The van der Waals surface area contributed by atoms with Gasteiger partial charge in [0.25, 0.3) is 0 Å². The highest BCUT2D eigenvalue weighted by Gasteiger charge is 2.16. The van der Waals surface area contributed by atoms with E-state index in [1.54, 1.807) is 0 Å². The molecular weight excluding hydrogens is 356 g/mol. The van der Waals surface area contributed by atoms with Gasteiger partial charge in [-0.15, -0.1) is 0 Å². The summed E-state index contributed by atoms with van der Waals surface area (Å²) in [5.41, 5.74) is 5.63. The molecule has 0 spiro atoms. The largest absolute Gasteiger partial charge is 0.371 e. The van der Waals surface area contributed by atoms with Gasteiger partial charge in [-0.1, -0.05) is 48.5 Å². The molecule has 0 atom stereocenters. The Morgan fingerprint density at radius 1 is 0.793 bits per heavy atom. The molecule has 29 heavy (non-hydrogen) atoms. The Hall–Kier alpha value is -3.40. The smallest absolute Gasteiger partial charge is 0.0936 e. The Morgan fingerprint density at radius 3 is 2.41 bits per heavy atom. The van der Waals surface area contributed by atoms with E-state index in [-0.39, 0.29) is 0 Å². The van der Waals surface area contributed by atoms with Crippen LogP contribution < -0.4 is 9.80 Å². The molecule has 0 aliphatic carbocycles. The van der Waals surface area contributed by atoms with Crippen LogP contribution in [-0.4, -0.2) is 20.1 Å². The maximum Gasteiger partial charge on any atom is 0.0936 e. The van der Waals surface area contributed by atoms with Crippen molar-refractivity contribution in [1.29, 1.82) is 0 Å². The zero-order valence-corrected chi connectivity index (χ0v) is 16.6. The van der Waals surface area contributed by atoms with Crippen molar-refractivity contribution in [3.8, 4) is 0 Å². The van der Waals surface area contributed by atoms with Gasteiger partial charge in [0.15, 0.2) is 0 Å². The summed E-state index contributed by atoms with van der Waals surface area (Å²) in [6.45, 7) is 2.27. The maximum absolute atomic E-state index is 4.56. The van der Waals surface area contributed by atoms with Gasteiger partial charge in [0.05, 0.1) is 17.6 Å². The summed E-state index contributed by atoms with van der Waals surface area (Å²) in [4.78, 5) is 4.62. The predicted molar refractivity (Wildman–Crippen MR) is 122 cm³/mol. The molecule has 0 unspecified atom stereocenters. The summed E-state index contributed by atoms with van der Waals surface area (Å²) in [7, 11) is 2.06. The third-order valence-corrected chi connectivity index (χ3v) is 5.80. The van der Waals surface area contributed by atoms with Crippen LogP contribution in [0.2, 0.25) is 0 Å². The van der Waals surface area contributed by atoms with E-state index in [0.29, 0.717) is 0 Å².